The fourth-order valence-electron chi connectivity index (χ4n) is 6.43. The van der Waals surface area contributed by atoms with E-state index in [-0.39, 0.29) is 11.0 Å². The highest BCUT2D eigenvalue weighted by atomic mass is 16.5. The van der Waals surface area contributed by atoms with Crippen LogP contribution in [0.1, 0.15) is 65.2 Å². The average Bonchev–Trinajstić information content (AvgIpc) is 3.13. The van der Waals surface area contributed by atoms with Crippen molar-refractivity contribution < 1.29 is 9.32 Å². The summed E-state index contributed by atoms with van der Waals surface area (Å²) in [5, 5.41) is 4.15. The van der Waals surface area contributed by atoms with Crippen molar-refractivity contribution in [1.82, 2.24) is 15.0 Å². The van der Waals surface area contributed by atoms with Crippen LogP contribution >= 0.6 is 0 Å². The lowest BCUT2D eigenvalue weighted by Crippen LogP contribution is -2.58. The Bertz CT molecular complexity index is 861. The van der Waals surface area contributed by atoms with E-state index in [1.165, 1.54) is 19.3 Å². The van der Waals surface area contributed by atoms with Gasteiger partial charge in [-0.3, -0.25) is 4.79 Å². The number of nitrogens with zero attached hydrogens (tertiary/aromatic N) is 3. The van der Waals surface area contributed by atoms with Gasteiger partial charge in [-0.2, -0.15) is 4.98 Å². The number of hydrogen-bond acceptors (Lipinski definition) is 4. The van der Waals surface area contributed by atoms with Crippen LogP contribution in [0.2, 0.25) is 0 Å². The van der Waals surface area contributed by atoms with Gasteiger partial charge in [-0.05, 0) is 77.0 Å². The van der Waals surface area contributed by atoms with Gasteiger partial charge in [0.05, 0.1) is 5.41 Å². The molecule has 2 aromatic rings. The van der Waals surface area contributed by atoms with Gasteiger partial charge in [0.1, 0.15) is 6.54 Å². The van der Waals surface area contributed by atoms with Crippen LogP contribution in [0, 0.1) is 23.2 Å². The van der Waals surface area contributed by atoms with Crippen molar-refractivity contribution in [3.8, 4) is 11.4 Å². The zero-order valence-corrected chi connectivity index (χ0v) is 17.7. The van der Waals surface area contributed by atoms with Crippen LogP contribution in [-0.2, 0) is 11.3 Å². The number of carbonyl (C=O) groups excluding carboxylic acids is 1. The molecule has 1 aromatic carbocycles. The fraction of sp³-hybridized carbons (Fsp3) is 0.625. The number of aromatic nitrogens is 2. The lowest BCUT2D eigenvalue weighted by Gasteiger charge is -2.57. The van der Waals surface area contributed by atoms with Crippen LogP contribution in [0.4, 0.5) is 0 Å². The molecule has 5 heteroatoms. The third kappa shape index (κ3) is 3.38. The predicted octanol–water partition coefficient (Wildman–Crippen LogP) is 5.08. The minimum atomic E-state index is -0.290. The summed E-state index contributed by atoms with van der Waals surface area (Å²) in [7, 11) is 0. The first-order valence-corrected chi connectivity index (χ1v) is 11.0. The summed E-state index contributed by atoms with van der Waals surface area (Å²) in [6.07, 6.45) is 7.24. The van der Waals surface area contributed by atoms with E-state index in [2.05, 4.69) is 30.9 Å². The molecule has 0 N–H and O–H groups in total. The highest BCUT2D eigenvalue weighted by molar-refractivity contribution is 5.84. The Kier molecular flexibility index (Phi) is 4.34. The molecule has 4 aliphatic carbocycles. The molecule has 0 unspecified atom stereocenters. The Labute approximate surface area is 172 Å². The summed E-state index contributed by atoms with van der Waals surface area (Å²) >= 11 is 0. The van der Waals surface area contributed by atoms with Crippen molar-refractivity contribution >= 4 is 5.91 Å². The van der Waals surface area contributed by atoms with Crippen LogP contribution in [-0.4, -0.2) is 26.5 Å². The third-order valence-electron chi connectivity index (χ3n) is 7.34. The SMILES string of the molecule is CC(C)(C)N(Cc1nc(-c2ccccc2)no1)C(=O)C12CC3CC(CC(C3)C1)C2. The zero-order valence-electron chi connectivity index (χ0n) is 17.7. The van der Waals surface area contributed by atoms with Crippen molar-refractivity contribution in [3.63, 3.8) is 0 Å². The second kappa shape index (κ2) is 6.68. The summed E-state index contributed by atoms with van der Waals surface area (Å²) < 4.78 is 5.56. The Hall–Kier alpha value is -2.17. The minimum absolute atomic E-state index is 0.162. The largest absolute Gasteiger partial charge is 0.337 e. The molecule has 5 nitrogen and oxygen atoms in total. The molecule has 4 aliphatic rings. The van der Waals surface area contributed by atoms with Crippen LogP contribution in [0.25, 0.3) is 11.4 Å². The van der Waals surface area contributed by atoms with E-state index in [4.69, 9.17) is 4.52 Å². The molecule has 154 valence electrons. The lowest BCUT2D eigenvalue weighted by atomic mass is 9.49. The molecule has 6 rings (SSSR count). The maximum absolute atomic E-state index is 14.0. The monoisotopic (exact) mass is 393 g/mol. The molecule has 29 heavy (non-hydrogen) atoms. The topological polar surface area (TPSA) is 59.2 Å². The summed E-state index contributed by atoms with van der Waals surface area (Å²) in [6.45, 7) is 6.71. The van der Waals surface area contributed by atoms with Gasteiger partial charge in [-0.25, -0.2) is 0 Å². The number of benzene rings is 1. The molecule has 0 atom stereocenters. The second-order valence-electron chi connectivity index (χ2n) is 10.6. The van der Waals surface area contributed by atoms with Gasteiger partial charge in [0.25, 0.3) is 0 Å². The molecule has 4 saturated carbocycles. The smallest absolute Gasteiger partial charge is 0.246 e. The maximum Gasteiger partial charge on any atom is 0.246 e. The van der Waals surface area contributed by atoms with Crippen LogP contribution in [0.3, 0.4) is 0 Å². The Balaban J connectivity index is 1.40. The first kappa shape index (κ1) is 18.8. The fourth-order valence-corrected chi connectivity index (χ4v) is 6.43. The summed E-state index contributed by atoms with van der Waals surface area (Å²) in [5.74, 6) is 3.65. The van der Waals surface area contributed by atoms with E-state index in [1.54, 1.807) is 0 Å². The Morgan fingerprint density at radius 3 is 2.21 bits per heavy atom. The van der Waals surface area contributed by atoms with Crippen molar-refractivity contribution in [2.24, 2.45) is 23.2 Å². The Morgan fingerprint density at radius 1 is 1.07 bits per heavy atom. The van der Waals surface area contributed by atoms with Crippen LogP contribution in [0.5, 0.6) is 0 Å². The molecule has 4 fully saturated rings. The third-order valence-corrected chi connectivity index (χ3v) is 7.34. The van der Waals surface area contributed by atoms with Crippen molar-refractivity contribution in [2.45, 2.75) is 71.4 Å². The van der Waals surface area contributed by atoms with E-state index < -0.39 is 0 Å². The molecule has 1 heterocycles. The first-order chi connectivity index (χ1) is 13.8. The molecule has 0 saturated heterocycles. The van der Waals surface area contributed by atoms with E-state index in [0.29, 0.717) is 24.2 Å². The molecule has 1 amide bonds. The quantitative estimate of drug-likeness (QED) is 0.727. The van der Waals surface area contributed by atoms with Crippen molar-refractivity contribution in [1.29, 1.82) is 0 Å². The van der Waals surface area contributed by atoms with Gasteiger partial charge in [0, 0.05) is 11.1 Å². The second-order valence-corrected chi connectivity index (χ2v) is 10.6. The Morgan fingerprint density at radius 2 is 1.66 bits per heavy atom. The molecule has 1 aromatic heterocycles. The molecule has 0 spiro atoms. The zero-order chi connectivity index (χ0) is 20.2. The van der Waals surface area contributed by atoms with Gasteiger partial charge < -0.3 is 9.42 Å². The van der Waals surface area contributed by atoms with E-state index in [1.807, 2.05) is 35.2 Å². The van der Waals surface area contributed by atoms with Gasteiger partial charge in [-0.15, -0.1) is 0 Å². The number of carbonyl (C=O) groups is 1. The minimum Gasteiger partial charge on any atom is -0.337 e. The summed E-state index contributed by atoms with van der Waals surface area (Å²) in [4.78, 5) is 20.6. The lowest BCUT2D eigenvalue weighted by molar-refractivity contribution is -0.164. The summed E-state index contributed by atoms with van der Waals surface area (Å²) in [5.41, 5.74) is 0.476. The molecule has 0 aliphatic heterocycles. The number of amides is 1. The highest BCUT2D eigenvalue weighted by Gasteiger charge is 2.56. The number of hydrogen-bond donors (Lipinski definition) is 0. The van der Waals surface area contributed by atoms with Gasteiger partial charge in [0.2, 0.25) is 17.6 Å². The van der Waals surface area contributed by atoms with E-state index in [0.717, 1.165) is 42.6 Å². The predicted molar refractivity (Wildman–Crippen MR) is 111 cm³/mol. The van der Waals surface area contributed by atoms with Crippen LogP contribution < -0.4 is 0 Å². The highest BCUT2D eigenvalue weighted by Crippen LogP contribution is 2.60. The van der Waals surface area contributed by atoms with Crippen LogP contribution in [0.15, 0.2) is 34.9 Å². The molecule has 0 radical (unpaired) electrons. The maximum atomic E-state index is 14.0. The number of rotatable bonds is 4. The van der Waals surface area contributed by atoms with Gasteiger partial charge >= 0.3 is 0 Å². The van der Waals surface area contributed by atoms with Gasteiger partial charge in [0.15, 0.2) is 0 Å². The van der Waals surface area contributed by atoms with E-state index >= 15 is 0 Å². The van der Waals surface area contributed by atoms with Crippen molar-refractivity contribution in [3.05, 3.63) is 36.2 Å². The summed E-state index contributed by atoms with van der Waals surface area (Å²) in [6, 6.07) is 9.83. The van der Waals surface area contributed by atoms with E-state index in [9.17, 15) is 4.79 Å². The normalized spacial score (nSPS) is 30.5. The standard InChI is InChI=1S/C24H31N3O2/c1-23(2,3)27(15-20-25-21(26-29-20)19-7-5-4-6-8-19)22(28)24-12-16-9-17(13-24)11-18(10-16)14-24/h4-8,16-18H,9-15H2,1-3H3. The molecular formula is C24H31N3O2. The first-order valence-electron chi connectivity index (χ1n) is 11.0. The average molecular weight is 394 g/mol. The molecule has 4 bridgehead atoms. The van der Waals surface area contributed by atoms with Crippen molar-refractivity contribution in [2.75, 3.05) is 0 Å². The molecular weight excluding hydrogens is 362 g/mol. The van der Waals surface area contributed by atoms with Gasteiger partial charge in [-0.1, -0.05) is 35.5 Å².